The summed E-state index contributed by atoms with van der Waals surface area (Å²) in [4.78, 5) is 38.2. The van der Waals surface area contributed by atoms with Crippen LogP contribution < -0.4 is 5.56 Å². The molecule has 3 heterocycles. The Balaban J connectivity index is 1.49. The van der Waals surface area contributed by atoms with Crippen LogP contribution in [0, 0.1) is 11.8 Å². The fourth-order valence-electron chi connectivity index (χ4n) is 3.59. The molecule has 1 aliphatic carbocycles. The van der Waals surface area contributed by atoms with E-state index in [1.165, 1.54) is 6.07 Å². The van der Waals surface area contributed by atoms with Crippen LogP contribution in [0.2, 0.25) is 0 Å². The summed E-state index contributed by atoms with van der Waals surface area (Å²) in [6, 6.07) is 7.06. The van der Waals surface area contributed by atoms with Gasteiger partial charge in [-0.3, -0.25) is 14.6 Å². The highest BCUT2D eigenvalue weighted by atomic mass is 16.2. The standard InChI is InChI=1S/C19H22N4O2/c1-12-10-14(12)19(25)23-8-5-13(6-9-23)18-21-16(11-17(24)22-18)15-4-2-3-7-20-15/h2-4,7,11-14H,5-6,8-10H2,1H3,(H,21,22,24)/t12-,14-/m1/s1. The lowest BCUT2D eigenvalue weighted by molar-refractivity contribution is -0.133. The molecule has 0 unspecified atom stereocenters. The van der Waals surface area contributed by atoms with Gasteiger partial charge in [-0.05, 0) is 37.3 Å². The molecule has 0 bridgehead atoms. The monoisotopic (exact) mass is 338 g/mol. The zero-order chi connectivity index (χ0) is 17.4. The molecule has 0 radical (unpaired) electrons. The van der Waals surface area contributed by atoms with Crippen LogP contribution >= 0.6 is 0 Å². The number of likely N-dealkylation sites (tertiary alicyclic amines) is 1. The number of nitrogens with zero attached hydrogens (tertiary/aromatic N) is 3. The van der Waals surface area contributed by atoms with E-state index in [9.17, 15) is 9.59 Å². The van der Waals surface area contributed by atoms with Crippen LogP contribution in [0.1, 0.15) is 37.9 Å². The highest BCUT2D eigenvalue weighted by molar-refractivity contribution is 5.81. The third kappa shape index (κ3) is 3.34. The minimum absolute atomic E-state index is 0.157. The van der Waals surface area contributed by atoms with Gasteiger partial charge in [-0.1, -0.05) is 13.0 Å². The average molecular weight is 338 g/mol. The van der Waals surface area contributed by atoms with Gasteiger partial charge in [0.1, 0.15) is 5.82 Å². The summed E-state index contributed by atoms with van der Waals surface area (Å²) < 4.78 is 0. The van der Waals surface area contributed by atoms with Crippen LogP contribution in [0.25, 0.3) is 11.4 Å². The number of amides is 1. The second-order valence-electron chi connectivity index (χ2n) is 7.15. The number of nitrogens with one attached hydrogen (secondary N) is 1. The van der Waals surface area contributed by atoms with Crippen molar-refractivity contribution in [1.82, 2.24) is 19.9 Å². The molecular formula is C19H22N4O2. The molecule has 2 atom stereocenters. The van der Waals surface area contributed by atoms with Gasteiger partial charge < -0.3 is 9.88 Å². The van der Waals surface area contributed by atoms with E-state index in [0.29, 0.717) is 29.0 Å². The lowest BCUT2D eigenvalue weighted by Crippen LogP contribution is -2.39. The van der Waals surface area contributed by atoms with E-state index in [1.807, 2.05) is 23.1 Å². The minimum atomic E-state index is -0.157. The second-order valence-corrected chi connectivity index (χ2v) is 7.15. The fourth-order valence-corrected chi connectivity index (χ4v) is 3.59. The molecule has 2 fully saturated rings. The number of rotatable bonds is 3. The summed E-state index contributed by atoms with van der Waals surface area (Å²) in [5.41, 5.74) is 1.14. The molecule has 1 N–H and O–H groups in total. The zero-order valence-corrected chi connectivity index (χ0v) is 14.3. The molecule has 0 spiro atoms. The second kappa shape index (κ2) is 6.43. The van der Waals surface area contributed by atoms with Gasteiger partial charge in [0.2, 0.25) is 5.91 Å². The number of aromatic amines is 1. The number of piperidine rings is 1. The Kier molecular flexibility index (Phi) is 4.11. The van der Waals surface area contributed by atoms with Gasteiger partial charge in [0, 0.05) is 37.2 Å². The number of hydrogen-bond donors (Lipinski definition) is 1. The van der Waals surface area contributed by atoms with Gasteiger partial charge in [-0.25, -0.2) is 4.98 Å². The van der Waals surface area contributed by atoms with Gasteiger partial charge in [0.15, 0.2) is 0 Å². The van der Waals surface area contributed by atoms with Gasteiger partial charge >= 0.3 is 0 Å². The van der Waals surface area contributed by atoms with Crippen LogP contribution in [0.3, 0.4) is 0 Å². The zero-order valence-electron chi connectivity index (χ0n) is 14.3. The van der Waals surface area contributed by atoms with Crippen molar-refractivity contribution in [3.63, 3.8) is 0 Å². The van der Waals surface area contributed by atoms with E-state index < -0.39 is 0 Å². The Labute approximate surface area is 146 Å². The quantitative estimate of drug-likeness (QED) is 0.930. The fraction of sp³-hybridized carbons (Fsp3) is 0.474. The van der Waals surface area contributed by atoms with Crippen molar-refractivity contribution >= 4 is 5.91 Å². The molecule has 1 saturated heterocycles. The lowest BCUT2D eigenvalue weighted by atomic mass is 9.95. The third-order valence-corrected chi connectivity index (χ3v) is 5.31. The lowest BCUT2D eigenvalue weighted by Gasteiger charge is -2.31. The van der Waals surface area contributed by atoms with Crippen LogP contribution in [0.5, 0.6) is 0 Å². The van der Waals surface area contributed by atoms with E-state index in [1.54, 1.807) is 6.20 Å². The Morgan fingerprint density at radius 1 is 1.24 bits per heavy atom. The smallest absolute Gasteiger partial charge is 0.251 e. The number of carbonyl (C=O) groups excluding carboxylic acids is 1. The summed E-state index contributed by atoms with van der Waals surface area (Å²) in [6.45, 7) is 3.61. The van der Waals surface area contributed by atoms with Gasteiger partial charge in [-0.15, -0.1) is 0 Å². The first-order chi connectivity index (χ1) is 12.1. The third-order valence-electron chi connectivity index (χ3n) is 5.31. The van der Waals surface area contributed by atoms with Crippen molar-refractivity contribution in [2.75, 3.05) is 13.1 Å². The molecule has 6 heteroatoms. The Hall–Kier alpha value is -2.50. The Bertz CT molecular complexity index is 825. The minimum Gasteiger partial charge on any atom is -0.342 e. The molecule has 2 aromatic rings. The number of pyridine rings is 1. The van der Waals surface area contributed by atoms with Gasteiger partial charge in [0.05, 0.1) is 11.4 Å². The average Bonchev–Trinajstić information content (AvgIpc) is 3.38. The number of H-pyrrole nitrogens is 1. The molecule has 25 heavy (non-hydrogen) atoms. The molecule has 2 aromatic heterocycles. The summed E-state index contributed by atoms with van der Waals surface area (Å²) in [6.07, 6.45) is 4.39. The first-order valence-corrected chi connectivity index (χ1v) is 8.93. The Morgan fingerprint density at radius 2 is 2.00 bits per heavy atom. The maximum atomic E-state index is 12.4. The van der Waals surface area contributed by atoms with Crippen molar-refractivity contribution in [2.45, 2.75) is 32.1 Å². The number of hydrogen-bond acceptors (Lipinski definition) is 4. The summed E-state index contributed by atoms with van der Waals surface area (Å²) in [5.74, 6) is 1.96. The molecule has 0 aromatic carbocycles. The van der Waals surface area contributed by atoms with E-state index in [4.69, 9.17) is 0 Å². The predicted octanol–water partition coefficient (Wildman–Crippen LogP) is 2.19. The molecule has 1 aliphatic heterocycles. The van der Waals surface area contributed by atoms with E-state index in [0.717, 1.165) is 32.4 Å². The molecule has 2 aliphatic rings. The summed E-state index contributed by atoms with van der Waals surface area (Å²) in [5, 5.41) is 0. The summed E-state index contributed by atoms with van der Waals surface area (Å²) >= 11 is 0. The Morgan fingerprint density at radius 3 is 2.64 bits per heavy atom. The summed E-state index contributed by atoms with van der Waals surface area (Å²) in [7, 11) is 0. The SMILES string of the molecule is C[C@@H]1C[C@H]1C(=O)N1CCC(c2nc(-c3ccccn3)cc(=O)[nH]2)CC1. The normalized spacial score (nSPS) is 23.5. The molecule has 6 nitrogen and oxygen atoms in total. The van der Waals surface area contributed by atoms with Gasteiger partial charge in [0.25, 0.3) is 5.56 Å². The molecule has 1 amide bonds. The van der Waals surface area contributed by atoms with E-state index >= 15 is 0 Å². The topological polar surface area (TPSA) is 79.0 Å². The van der Waals surface area contributed by atoms with E-state index in [-0.39, 0.29) is 17.4 Å². The molecule has 130 valence electrons. The van der Waals surface area contributed by atoms with Gasteiger partial charge in [-0.2, -0.15) is 0 Å². The largest absolute Gasteiger partial charge is 0.342 e. The van der Waals surface area contributed by atoms with Crippen molar-refractivity contribution in [2.24, 2.45) is 11.8 Å². The molecule has 1 saturated carbocycles. The molecular weight excluding hydrogens is 316 g/mol. The maximum absolute atomic E-state index is 12.4. The highest BCUT2D eigenvalue weighted by Gasteiger charge is 2.42. The highest BCUT2D eigenvalue weighted by Crippen LogP contribution is 2.40. The molecule has 4 rings (SSSR count). The first kappa shape index (κ1) is 16.0. The van der Waals surface area contributed by atoms with Crippen molar-refractivity contribution < 1.29 is 4.79 Å². The van der Waals surface area contributed by atoms with E-state index in [2.05, 4.69) is 21.9 Å². The van der Waals surface area contributed by atoms with Crippen LogP contribution in [0.4, 0.5) is 0 Å². The van der Waals surface area contributed by atoms with Crippen LogP contribution in [-0.4, -0.2) is 38.8 Å². The van der Waals surface area contributed by atoms with Crippen molar-refractivity contribution in [1.29, 1.82) is 0 Å². The number of carbonyl (C=O) groups is 1. The van der Waals surface area contributed by atoms with Crippen molar-refractivity contribution in [3.8, 4) is 11.4 Å². The number of aromatic nitrogens is 3. The maximum Gasteiger partial charge on any atom is 0.251 e. The van der Waals surface area contributed by atoms with Crippen LogP contribution in [0.15, 0.2) is 35.3 Å². The first-order valence-electron chi connectivity index (χ1n) is 8.93. The van der Waals surface area contributed by atoms with Crippen molar-refractivity contribution in [3.05, 3.63) is 46.6 Å². The van der Waals surface area contributed by atoms with Crippen LogP contribution in [-0.2, 0) is 4.79 Å². The predicted molar refractivity (Wildman–Crippen MR) is 93.9 cm³/mol.